The van der Waals surface area contributed by atoms with Crippen LogP contribution in [0, 0.1) is 18.3 Å². The number of aromatic nitrogens is 1. The second kappa shape index (κ2) is 9.48. The van der Waals surface area contributed by atoms with Gasteiger partial charge in [0.1, 0.15) is 5.82 Å². The van der Waals surface area contributed by atoms with Gasteiger partial charge in [-0.25, -0.2) is 4.98 Å². The van der Waals surface area contributed by atoms with E-state index in [9.17, 15) is 5.11 Å². The van der Waals surface area contributed by atoms with E-state index in [1.807, 2.05) is 26.0 Å². The molecule has 0 fully saturated rings. The van der Waals surface area contributed by atoms with Crippen LogP contribution in [0.1, 0.15) is 55.8 Å². The summed E-state index contributed by atoms with van der Waals surface area (Å²) >= 11 is 0. The molecule has 4 rings (SSSR count). The predicted molar refractivity (Wildman–Crippen MR) is 110 cm³/mol. The van der Waals surface area contributed by atoms with E-state index in [2.05, 4.69) is 28.4 Å². The molecule has 0 saturated heterocycles. The second-order valence-corrected chi connectivity index (χ2v) is 6.78. The topological polar surface area (TPSA) is 63.6 Å². The van der Waals surface area contributed by atoms with Crippen LogP contribution >= 0.6 is 0 Å². The van der Waals surface area contributed by atoms with Gasteiger partial charge in [0, 0.05) is 12.6 Å². The van der Waals surface area contributed by atoms with E-state index in [1.54, 1.807) is 6.20 Å². The van der Waals surface area contributed by atoms with E-state index in [0.717, 1.165) is 48.6 Å². The van der Waals surface area contributed by atoms with Crippen molar-refractivity contribution in [2.45, 2.75) is 52.2 Å². The zero-order chi connectivity index (χ0) is 19.9. The Labute approximate surface area is 167 Å². The minimum Gasteiger partial charge on any atom is -0.454 e. The van der Waals surface area contributed by atoms with Gasteiger partial charge in [0.2, 0.25) is 6.79 Å². The highest BCUT2D eigenvalue weighted by Crippen LogP contribution is 2.44. The van der Waals surface area contributed by atoms with Gasteiger partial charge in [-0.3, -0.25) is 0 Å². The van der Waals surface area contributed by atoms with E-state index < -0.39 is 0 Å². The summed E-state index contributed by atoms with van der Waals surface area (Å²) in [5.74, 6) is 5.62. The summed E-state index contributed by atoms with van der Waals surface area (Å²) in [6.45, 7) is 4.27. The van der Waals surface area contributed by atoms with Crippen molar-refractivity contribution < 1.29 is 14.6 Å². The number of aliphatic hydroxyl groups is 1. The van der Waals surface area contributed by atoms with Gasteiger partial charge in [0.25, 0.3) is 0 Å². The van der Waals surface area contributed by atoms with Crippen molar-refractivity contribution in [2.75, 3.05) is 12.1 Å². The lowest BCUT2D eigenvalue weighted by Crippen LogP contribution is -2.27. The fraction of sp³-hybridized carbons (Fsp3) is 0.435. The number of rotatable bonds is 5. The smallest absolute Gasteiger partial charge is 0.231 e. The molecule has 0 bridgehead atoms. The summed E-state index contributed by atoms with van der Waals surface area (Å²) in [6, 6.07) is 8.11. The minimum atomic E-state index is -0.00614. The van der Waals surface area contributed by atoms with Crippen molar-refractivity contribution in [3.63, 3.8) is 0 Å². The molecule has 148 valence electrons. The highest BCUT2D eigenvalue weighted by atomic mass is 16.7. The van der Waals surface area contributed by atoms with Crippen LogP contribution in [0.25, 0.3) is 0 Å². The van der Waals surface area contributed by atoms with Gasteiger partial charge in [0.15, 0.2) is 11.5 Å². The van der Waals surface area contributed by atoms with Crippen LogP contribution in [0.5, 0.6) is 11.5 Å². The average molecular weight is 380 g/mol. The number of aliphatic hydroxyl groups excluding tert-OH is 1. The number of benzene rings is 1. The first-order chi connectivity index (χ1) is 13.8. The Balaban J connectivity index is 0.00000109. The van der Waals surface area contributed by atoms with E-state index >= 15 is 0 Å². The number of aryl methyl sites for hydroxylation is 1. The Morgan fingerprint density at radius 2 is 2.04 bits per heavy atom. The Kier molecular flexibility index (Phi) is 6.78. The molecular formula is C23H28N2O3. The molecule has 2 atom stereocenters. The predicted octanol–water partition coefficient (Wildman–Crippen LogP) is 4.46. The number of terminal acetylenes is 1. The molecule has 28 heavy (non-hydrogen) atoms. The van der Waals surface area contributed by atoms with Gasteiger partial charge in [0.05, 0.1) is 12.6 Å². The Morgan fingerprint density at radius 3 is 2.71 bits per heavy atom. The summed E-state index contributed by atoms with van der Waals surface area (Å²) in [4.78, 5) is 4.44. The van der Waals surface area contributed by atoms with Crippen molar-refractivity contribution in [2.24, 2.45) is 5.92 Å². The number of hydrogen-bond acceptors (Lipinski definition) is 5. The molecule has 5 heteroatoms. The lowest BCUT2D eigenvalue weighted by Gasteiger charge is -2.34. The van der Waals surface area contributed by atoms with Gasteiger partial charge in [-0.1, -0.05) is 19.9 Å². The van der Waals surface area contributed by atoms with Crippen LogP contribution in [0.4, 0.5) is 5.82 Å². The molecule has 2 aromatic rings. The molecule has 1 aliphatic heterocycles. The lowest BCUT2D eigenvalue weighted by atomic mass is 9.77. The van der Waals surface area contributed by atoms with Crippen molar-refractivity contribution in [3.8, 4) is 23.8 Å². The molecule has 2 aliphatic rings. The van der Waals surface area contributed by atoms with Crippen LogP contribution in [0.2, 0.25) is 0 Å². The zero-order valence-corrected chi connectivity index (χ0v) is 16.6. The highest BCUT2D eigenvalue weighted by Gasteiger charge is 2.32. The van der Waals surface area contributed by atoms with Crippen molar-refractivity contribution in [1.82, 2.24) is 4.98 Å². The van der Waals surface area contributed by atoms with Crippen molar-refractivity contribution >= 4 is 5.82 Å². The molecule has 5 nitrogen and oxygen atoms in total. The Bertz CT molecular complexity index is 827. The summed E-state index contributed by atoms with van der Waals surface area (Å²) in [6.07, 6.45) is 11.0. The van der Waals surface area contributed by atoms with E-state index in [-0.39, 0.29) is 19.4 Å². The maximum Gasteiger partial charge on any atom is 0.231 e. The second-order valence-electron chi connectivity index (χ2n) is 6.78. The summed E-state index contributed by atoms with van der Waals surface area (Å²) in [5, 5.41) is 12.8. The molecule has 1 aromatic carbocycles. The third kappa shape index (κ3) is 4.23. The number of anilines is 1. The first kappa shape index (κ1) is 20.0. The Morgan fingerprint density at radius 1 is 1.25 bits per heavy atom. The Hall–Kier alpha value is -2.71. The van der Waals surface area contributed by atoms with Crippen LogP contribution in [-0.4, -0.2) is 16.9 Å². The van der Waals surface area contributed by atoms with Crippen LogP contribution in [-0.2, 0) is 13.0 Å². The van der Waals surface area contributed by atoms with Gasteiger partial charge in [-0.15, -0.1) is 12.3 Å². The third-order valence-electron chi connectivity index (χ3n) is 5.20. The number of fused-ring (bicyclic) bond motifs is 2. The fourth-order valence-electron chi connectivity index (χ4n) is 3.81. The average Bonchev–Trinajstić information content (AvgIpc) is 3.21. The molecule has 2 unspecified atom stereocenters. The molecule has 2 heterocycles. The quantitative estimate of drug-likeness (QED) is 0.750. The largest absolute Gasteiger partial charge is 0.454 e. The summed E-state index contributed by atoms with van der Waals surface area (Å²) in [5.41, 5.74) is 3.32. The molecule has 0 amide bonds. The number of ether oxygens (including phenoxy) is 2. The van der Waals surface area contributed by atoms with Crippen LogP contribution in [0.15, 0.2) is 30.5 Å². The number of nitrogens with one attached hydrogen (secondary N) is 1. The lowest BCUT2D eigenvalue weighted by molar-refractivity contribution is 0.174. The molecule has 2 N–H and O–H groups in total. The van der Waals surface area contributed by atoms with Crippen LogP contribution in [0.3, 0.4) is 0 Å². The summed E-state index contributed by atoms with van der Waals surface area (Å²) < 4.78 is 11.1. The molecule has 0 saturated carbocycles. The monoisotopic (exact) mass is 380 g/mol. The van der Waals surface area contributed by atoms with Crippen molar-refractivity contribution in [1.29, 1.82) is 0 Å². The normalized spacial score (nSPS) is 19.1. The minimum absolute atomic E-state index is 0.00614. The zero-order valence-electron chi connectivity index (χ0n) is 16.6. The third-order valence-corrected chi connectivity index (χ3v) is 5.20. The first-order valence-electron chi connectivity index (χ1n) is 9.96. The molecule has 0 radical (unpaired) electrons. The van der Waals surface area contributed by atoms with Gasteiger partial charge < -0.3 is 19.9 Å². The molecule has 1 aliphatic carbocycles. The van der Waals surface area contributed by atoms with E-state index in [1.165, 1.54) is 11.1 Å². The van der Waals surface area contributed by atoms with E-state index in [4.69, 9.17) is 15.9 Å². The number of nitrogens with zero attached hydrogens (tertiary/aromatic N) is 1. The molecule has 1 aromatic heterocycles. The highest BCUT2D eigenvalue weighted by molar-refractivity contribution is 5.53. The van der Waals surface area contributed by atoms with Crippen molar-refractivity contribution in [3.05, 3.63) is 47.2 Å². The van der Waals surface area contributed by atoms with Crippen LogP contribution < -0.4 is 14.8 Å². The SMILES string of the molecule is C#CCCC1CCc2cc3c(cc2C1Nc1ccc(CO)cn1)OCO3.CC. The van der Waals surface area contributed by atoms with Gasteiger partial charge in [-0.05, 0) is 60.1 Å². The standard InChI is InChI=1S/C21H22N2O3.C2H6/c1-2-3-4-15-6-7-16-9-18-19(26-13-25-18)10-17(16)21(15)23-20-8-5-14(12-24)11-22-20;1-2/h1,5,8-11,15,21,24H,3-4,6-7,12-13H2,(H,22,23);1-2H3. The first-order valence-corrected chi connectivity index (χ1v) is 9.96. The maximum absolute atomic E-state index is 9.20. The number of hydrogen-bond donors (Lipinski definition) is 2. The van der Waals surface area contributed by atoms with Gasteiger partial charge >= 0.3 is 0 Å². The summed E-state index contributed by atoms with van der Waals surface area (Å²) in [7, 11) is 0. The maximum atomic E-state index is 9.20. The molecule has 0 spiro atoms. The van der Waals surface area contributed by atoms with E-state index in [0.29, 0.717) is 5.92 Å². The number of pyridine rings is 1. The fourth-order valence-corrected chi connectivity index (χ4v) is 3.81. The molecular weight excluding hydrogens is 352 g/mol. The van der Waals surface area contributed by atoms with Gasteiger partial charge in [-0.2, -0.15) is 0 Å².